The highest BCUT2D eigenvalue weighted by Crippen LogP contribution is 2.37. The first-order chi connectivity index (χ1) is 14.9. The zero-order chi connectivity index (χ0) is 21.6. The summed E-state index contributed by atoms with van der Waals surface area (Å²) >= 11 is 0. The number of halogens is 3. The van der Waals surface area contributed by atoms with E-state index in [4.69, 9.17) is 14.0 Å². The SMILES string of the molecule is O=C1CC(c2nc(-c3ccc4c(c3)OCO4)no2)CN1Cc1ccccc1C(F)(F)F. The van der Waals surface area contributed by atoms with Crippen molar-refractivity contribution in [3.05, 3.63) is 59.5 Å². The van der Waals surface area contributed by atoms with Crippen molar-refractivity contribution in [3.8, 4) is 22.9 Å². The number of alkyl halides is 3. The molecule has 3 aromatic rings. The van der Waals surface area contributed by atoms with Crippen molar-refractivity contribution in [1.82, 2.24) is 15.0 Å². The van der Waals surface area contributed by atoms with Crippen molar-refractivity contribution in [2.24, 2.45) is 0 Å². The molecule has 160 valence electrons. The van der Waals surface area contributed by atoms with Gasteiger partial charge in [0, 0.05) is 25.1 Å². The van der Waals surface area contributed by atoms with Gasteiger partial charge in [-0.3, -0.25) is 4.79 Å². The first-order valence-corrected chi connectivity index (χ1v) is 9.55. The van der Waals surface area contributed by atoms with Gasteiger partial charge in [-0.1, -0.05) is 23.4 Å². The number of ether oxygens (including phenoxy) is 2. The third kappa shape index (κ3) is 3.69. The van der Waals surface area contributed by atoms with Crippen LogP contribution in [-0.2, 0) is 17.5 Å². The van der Waals surface area contributed by atoms with Crippen molar-refractivity contribution in [1.29, 1.82) is 0 Å². The minimum Gasteiger partial charge on any atom is -0.454 e. The number of carbonyl (C=O) groups excluding carboxylic acids is 1. The molecule has 3 heterocycles. The zero-order valence-corrected chi connectivity index (χ0v) is 16.1. The second kappa shape index (κ2) is 7.29. The van der Waals surface area contributed by atoms with Crippen molar-refractivity contribution < 1.29 is 32.0 Å². The van der Waals surface area contributed by atoms with Gasteiger partial charge in [-0.05, 0) is 29.8 Å². The van der Waals surface area contributed by atoms with E-state index in [9.17, 15) is 18.0 Å². The minimum absolute atomic E-state index is 0.0515. The van der Waals surface area contributed by atoms with E-state index in [1.54, 1.807) is 18.2 Å². The van der Waals surface area contributed by atoms with Gasteiger partial charge in [0.2, 0.25) is 24.4 Å². The fourth-order valence-corrected chi connectivity index (χ4v) is 3.78. The molecule has 0 saturated carbocycles. The Balaban J connectivity index is 1.32. The van der Waals surface area contributed by atoms with Gasteiger partial charge in [0.1, 0.15) is 0 Å². The largest absolute Gasteiger partial charge is 0.454 e. The number of rotatable bonds is 4. The third-order valence-corrected chi connectivity index (χ3v) is 5.32. The number of hydrogen-bond acceptors (Lipinski definition) is 6. The molecule has 5 rings (SSSR count). The molecular weight excluding hydrogens is 415 g/mol. The molecule has 2 aliphatic heterocycles. The lowest BCUT2D eigenvalue weighted by molar-refractivity contribution is -0.139. The quantitative estimate of drug-likeness (QED) is 0.622. The highest BCUT2D eigenvalue weighted by atomic mass is 19.4. The van der Waals surface area contributed by atoms with Gasteiger partial charge in [-0.2, -0.15) is 18.2 Å². The number of fused-ring (bicyclic) bond motifs is 1. The van der Waals surface area contributed by atoms with E-state index in [1.807, 2.05) is 0 Å². The van der Waals surface area contributed by atoms with Crippen LogP contribution in [0.1, 0.15) is 29.4 Å². The van der Waals surface area contributed by atoms with Gasteiger partial charge in [0.15, 0.2) is 11.5 Å². The van der Waals surface area contributed by atoms with Gasteiger partial charge in [0.25, 0.3) is 0 Å². The molecule has 1 aromatic heterocycles. The van der Waals surface area contributed by atoms with E-state index < -0.39 is 11.7 Å². The van der Waals surface area contributed by atoms with Gasteiger partial charge in [0.05, 0.1) is 11.5 Å². The molecular formula is C21H16F3N3O4. The number of benzene rings is 2. The van der Waals surface area contributed by atoms with Crippen LogP contribution >= 0.6 is 0 Å². The van der Waals surface area contributed by atoms with Crippen LogP contribution in [0.3, 0.4) is 0 Å². The second-order valence-corrected chi connectivity index (χ2v) is 7.35. The zero-order valence-electron chi connectivity index (χ0n) is 16.1. The van der Waals surface area contributed by atoms with Gasteiger partial charge < -0.3 is 18.9 Å². The van der Waals surface area contributed by atoms with Crippen LogP contribution in [-0.4, -0.2) is 34.3 Å². The Bertz CT molecular complexity index is 1140. The summed E-state index contributed by atoms with van der Waals surface area (Å²) in [4.78, 5) is 18.2. The normalized spacial score (nSPS) is 18.1. The summed E-state index contributed by atoms with van der Waals surface area (Å²) in [5.41, 5.74) is -0.0238. The molecule has 10 heteroatoms. The van der Waals surface area contributed by atoms with E-state index in [0.717, 1.165) is 6.07 Å². The summed E-state index contributed by atoms with van der Waals surface area (Å²) in [6, 6.07) is 10.5. The molecule has 0 bridgehead atoms. The number of carbonyl (C=O) groups is 1. The fourth-order valence-electron chi connectivity index (χ4n) is 3.78. The van der Waals surface area contributed by atoms with Crippen molar-refractivity contribution in [2.45, 2.75) is 25.1 Å². The first-order valence-electron chi connectivity index (χ1n) is 9.55. The summed E-state index contributed by atoms with van der Waals surface area (Å²) in [5.74, 6) is 1.16. The summed E-state index contributed by atoms with van der Waals surface area (Å²) in [7, 11) is 0. The van der Waals surface area contributed by atoms with Gasteiger partial charge in [-0.25, -0.2) is 0 Å². The highest BCUT2D eigenvalue weighted by molar-refractivity contribution is 5.79. The highest BCUT2D eigenvalue weighted by Gasteiger charge is 2.37. The topological polar surface area (TPSA) is 77.7 Å². The molecule has 0 spiro atoms. The fraction of sp³-hybridized carbons (Fsp3) is 0.286. The van der Waals surface area contributed by atoms with Crippen molar-refractivity contribution in [2.75, 3.05) is 13.3 Å². The molecule has 31 heavy (non-hydrogen) atoms. The lowest BCUT2D eigenvalue weighted by atomic mass is 10.1. The van der Waals surface area contributed by atoms with E-state index in [1.165, 1.54) is 23.1 Å². The van der Waals surface area contributed by atoms with E-state index >= 15 is 0 Å². The molecule has 1 amide bonds. The Morgan fingerprint density at radius 2 is 1.90 bits per heavy atom. The van der Waals surface area contributed by atoms with Crippen molar-refractivity contribution >= 4 is 5.91 Å². The van der Waals surface area contributed by atoms with Crippen LogP contribution < -0.4 is 9.47 Å². The Morgan fingerprint density at radius 3 is 2.74 bits per heavy atom. The van der Waals surface area contributed by atoms with Gasteiger partial charge in [-0.15, -0.1) is 0 Å². The monoisotopic (exact) mass is 431 g/mol. The summed E-state index contributed by atoms with van der Waals surface area (Å²) < 4.78 is 55.7. The lowest BCUT2D eigenvalue weighted by Crippen LogP contribution is -2.26. The molecule has 2 aliphatic rings. The van der Waals surface area contributed by atoms with Crippen LogP contribution in [0, 0.1) is 0 Å². The average Bonchev–Trinajstić information content (AvgIpc) is 3.47. The summed E-state index contributed by atoms with van der Waals surface area (Å²) in [6.45, 7) is 0.218. The Hall–Kier alpha value is -3.56. The van der Waals surface area contributed by atoms with Crippen molar-refractivity contribution in [3.63, 3.8) is 0 Å². The molecule has 1 unspecified atom stereocenters. The molecule has 0 radical (unpaired) electrons. The van der Waals surface area contributed by atoms with E-state index in [2.05, 4.69) is 10.1 Å². The van der Waals surface area contributed by atoms with Crippen LogP contribution in [0.25, 0.3) is 11.4 Å². The minimum atomic E-state index is -4.48. The average molecular weight is 431 g/mol. The summed E-state index contributed by atoms with van der Waals surface area (Å²) in [6.07, 6.45) is -4.39. The van der Waals surface area contributed by atoms with Crippen LogP contribution in [0.4, 0.5) is 13.2 Å². The van der Waals surface area contributed by atoms with E-state index in [-0.39, 0.29) is 49.6 Å². The van der Waals surface area contributed by atoms with Crippen LogP contribution in [0.5, 0.6) is 11.5 Å². The maximum atomic E-state index is 13.3. The number of nitrogens with zero attached hydrogens (tertiary/aromatic N) is 3. The molecule has 1 atom stereocenters. The smallest absolute Gasteiger partial charge is 0.416 e. The molecule has 2 aromatic carbocycles. The maximum absolute atomic E-state index is 13.3. The van der Waals surface area contributed by atoms with Gasteiger partial charge >= 0.3 is 6.18 Å². The molecule has 1 fully saturated rings. The lowest BCUT2D eigenvalue weighted by Gasteiger charge is -2.19. The Kier molecular flexibility index (Phi) is 4.57. The van der Waals surface area contributed by atoms with E-state index in [0.29, 0.717) is 22.9 Å². The first kappa shape index (κ1) is 19.4. The van der Waals surface area contributed by atoms with Crippen LogP contribution in [0.2, 0.25) is 0 Å². The molecule has 7 nitrogen and oxygen atoms in total. The second-order valence-electron chi connectivity index (χ2n) is 7.35. The number of aromatic nitrogens is 2. The van der Waals surface area contributed by atoms with Crippen LogP contribution in [0.15, 0.2) is 47.0 Å². The number of likely N-dealkylation sites (tertiary alicyclic amines) is 1. The maximum Gasteiger partial charge on any atom is 0.416 e. The Labute approximate surface area is 174 Å². The molecule has 1 saturated heterocycles. The predicted octanol–water partition coefficient (Wildman–Crippen LogP) is 4.00. The Morgan fingerprint density at radius 1 is 1.10 bits per heavy atom. The summed E-state index contributed by atoms with van der Waals surface area (Å²) in [5, 5.41) is 3.98. The number of hydrogen-bond donors (Lipinski definition) is 0. The predicted molar refractivity (Wildman–Crippen MR) is 100 cm³/mol. The molecule has 0 aliphatic carbocycles. The third-order valence-electron chi connectivity index (χ3n) is 5.32. The molecule has 0 N–H and O–H groups in total. The number of amides is 1. The standard InChI is InChI=1S/C21H16F3N3O4/c22-21(23,24)15-4-2-1-3-13(15)9-27-10-14(8-18(27)28)20-25-19(26-31-20)12-5-6-16-17(7-12)30-11-29-16/h1-7,14H,8-11H2.